The largest absolute Gasteiger partial charge is 0.397 e. The number of rotatable bonds is 4. The molecule has 19 heavy (non-hydrogen) atoms. The topological polar surface area (TPSA) is 49.6 Å². The zero-order valence-electron chi connectivity index (χ0n) is 11.9. The first-order valence-electron chi connectivity index (χ1n) is 7.11. The maximum absolute atomic E-state index is 12.3. The smallest absolute Gasteiger partial charge is 0.253 e. The lowest BCUT2D eigenvalue weighted by Gasteiger charge is -2.23. The molecule has 0 atom stereocenters. The minimum atomic E-state index is 0.107. The zero-order chi connectivity index (χ0) is 13.8. The Kier molecular flexibility index (Phi) is 4.30. The summed E-state index contributed by atoms with van der Waals surface area (Å²) in [5.41, 5.74) is 8.51. The SMILES string of the molecule is CCN(CC)c1ccc(C(=O)N2CCCC2)cc1N. The van der Waals surface area contributed by atoms with Gasteiger partial charge < -0.3 is 15.5 Å². The molecular weight excluding hydrogens is 238 g/mol. The maximum Gasteiger partial charge on any atom is 0.253 e. The first kappa shape index (κ1) is 13.7. The highest BCUT2D eigenvalue weighted by molar-refractivity contribution is 5.96. The van der Waals surface area contributed by atoms with E-state index >= 15 is 0 Å². The summed E-state index contributed by atoms with van der Waals surface area (Å²) in [7, 11) is 0. The van der Waals surface area contributed by atoms with E-state index in [2.05, 4.69) is 18.7 Å². The van der Waals surface area contributed by atoms with Crippen molar-refractivity contribution >= 4 is 17.3 Å². The Bertz CT molecular complexity index is 449. The van der Waals surface area contributed by atoms with Crippen LogP contribution in [-0.4, -0.2) is 37.0 Å². The predicted molar refractivity (Wildman–Crippen MR) is 79.6 cm³/mol. The number of anilines is 2. The maximum atomic E-state index is 12.3. The van der Waals surface area contributed by atoms with Gasteiger partial charge in [0.25, 0.3) is 5.91 Å². The molecule has 1 aromatic rings. The number of nitrogens with zero attached hydrogens (tertiary/aromatic N) is 2. The molecule has 2 rings (SSSR count). The fraction of sp³-hybridized carbons (Fsp3) is 0.533. The molecule has 0 saturated carbocycles. The molecule has 1 aromatic carbocycles. The van der Waals surface area contributed by atoms with Gasteiger partial charge in [-0.1, -0.05) is 0 Å². The number of nitrogens with two attached hydrogens (primary N) is 1. The molecule has 1 saturated heterocycles. The molecule has 104 valence electrons. The molecule has 4 nitrogen and oxygen atoms in total. The van der Waals surface area contributed by atoms with Crippen LogP contribution in [0.25, 0.3) is 0 Å². The van der Waals surface area contributed by atoms with Crippen LogP contribution in [0.5, 0.6) is 0 Å². The Hall–Kier alpha value is -1.71. The summed E-state index contributed by atoms with van der Waals surface area (Å²) in [5, 5.41) is 0. The molecule has 0 aromatic heterocycles. The Morgan fingerprint density at radius 3 is 2.42 bits per heavy atom. The summed E-state index contributed by atoms with van der Waals surface area (Å²) < 4.78 is 0. The summed E-state index contributed by atoms with van der Waals surface area (Å²) in [6.45, 7) is 7.78. The zero-order valence-corrected chi connectivity index (χ0v) is 11.9. The van der Waals surface area contributed by atoms with Gasteiger partial charge in [-0.2, -0.15) is 0 Å². The van der Waals surface area contributed by atoms with Crippen molar-refractivity contribution in [2.75, 3.05) is 36.8 Å². The Balaban J connectivity index is 2.20. The van der Waals surface area contributed by atoms with E-state index < -0.39 is 0 Å². The van der Waals surface area contributed by atoms with Gasteiger partial charge in [-0.25, -0.2) is 0 Å². The average Bonchev–Trinajstić information content (AvgIpc) is 2.95. The molecular formula is C15H23N3O. The van der Waals surface area contributed by atoms with Gasteiger partial charge in [0, 0.05) is 31.7 Å². The number of carbonyl (C=O) groups is 1. The predicted octanol–water partition coefficient (Wildman–Crippen LogP) is 2.35. The van der Waals surface area contributed by atoms with Crippen molar-refractivity contribution in [3.05, 3.63) is 23.8 Å². The molecule has 0 bridgehead atoms. The molecule has 1 heterocycles. The number of hydrogen-bond acceptors (Lipinski definition) is 3. The van der Waals surface area contributed by atoms with Crippen LogP contribution >= 0.6 is 0 Å². The fourth-order valence-corrected chi connectivity index (χ4v) is 2.64. The van der Waals surface area contributed by atoms with Crippen molar-refractivity contribution in [3.63, 3.8) is 0 Å². The highest BCUT2D eigenvalue weighted by Gasteiger charge is 2.20. The summed E-state index contributed by atoms with van der Waals surface area (Å²) in [4.78, 5) is 16.4. The summed E-state index contributed by atoms with van der Waals surface area (Å²) in [6, 6.07) is 5.67. The molecule has 1 aliphatic heterocycles. The molecule has 1 amide bonds. The molecule has 2 N–H and O–H groups in total. The number of nitrogen functional groups attached to an aromatic ring is 1. The van der Waals surface area contributed by atoms with E-state index in [1.807, 2.05) is 23.1 Å². The lowest BCUT2D eigenvalue weighted by Crippen LogP contribution is -2.28. The molecule has 0 unspecified atom stereocenters. The molecule has 1 fully saturated rings. The van der Waals surface area contributed by atoms with E-state index in [0.29, 0.717) is 11.3 Å². The number of likely N-dealkylation sites (tertiary alicyclic amines) is 1. The lowest BCUT2D eigenvalue weighted by atomic mass is 10.1. The van der Waals surface area contributed by atoms with E-state index in [0.717, 1.165) is 44.7 Å². The van der Waals surface area contributed by atoms with E-state index in [-0.39, 0.29) is 5.91 Å². The number of benzene rings is 1. The van der Waals surface area contributed by atoms with Crippen molar-refractivity contribution in [2.24, 2.45) is 0 Å². The number of carbonyl (C=O) groups excluding carboxylic acids is 1. The van der Waals surface area contributed by atoms with Crippen molar-refractivity contribution in [1.29, 1.82) is 0 Å². The molecule has 0 radical (unpaired) electrons. The van der Waals surface area contributed by atoms with E-state index in [4.69, 9.17) is 5.73 Å². The quantitative estimate of drug-likeness (QED) is 0.846. The third kappa shape index (κ3) is 2.83. The molecule has 0 spiro atoms. The van der Waals surface area contributed by atoms with Crippen molar-refractivity contribution in [3.8, 4) is 0 Å². The first-order valence-corrected chi connectivity index (χ1v) is 7.11. The Morgan fingerprint density at radius 2 is 1.89 bits per heavy atom. The summed E-state index contributed by atoms with van der Waals surface area (Å²) in [6.07, 6.45) is 2.22. The molecule has 0 aliphatic carbocycles. The van der Waals surface area contributed by atoms with Gasteiger partial charge in [0.15, 0.2) is 0 Å². The Morgan fingerprint density at radius 1 is 1.26 bits per heavy atom. The number of hydrogen-bond donors (Lipinski definition) is 1. The second-order valence-electron chi connectivity index (χ2n) is 4.95. The van der Waals surface area contributed by atoms with Gasteiger partial charge in [0.05, 0.1) is 11.4 Å². The average molecular weight is 261 g/mol. The van der Waals surface area contributed by atoms with Crippen LogP contribution in [0.15, 0.2) is 18.2 Å². The van der Waals surface area contributed by atoms with Crippen LogP contribution in [0.2, 0.25) is 0 Å². The molecule has 1 aliphatic rings. The van der Waals surface area contributed by atoms with E-state index in [1.165, 1.54) is 0 Å². The minimum absolute atomic E-state index is 0.107. The van der Waals surface area contributed by atoms with Gasteiger partial charge in [0.1, 0.15) is 0 Å². The third-order valence-corrected chi connectivity index (χ3v) is 3.77. The van der Waals surface area contributed by atoms with Crippen LogP contribution in [-0.2, 0) is 0 Å². The van der Waals surface area contributed by atoms with Crippen LogP contribution < -0.4 is 10.6 Å². The summed E-state index contributed by atoms with van der Waals surface area (Å²) in [5.74, 6) is 0.107. The Labute approximate surface area is 115 Å². The third-order valence-electron chi connectivity index (χ3n) is 3.77. The monoisotopic (exact) mass is 261 g/mol. The number of amides is 1. The van der Waals surface area contributed by atoms with Crippen molar-refractivity contribution in [2.45, 2.75) is 26.7 Å². The van der Waals surface area contributed by atoms with E-state index in [9.17, 15) is 4.79 Å². The van der Waals surface area contributed by atoms with Crippen molar-refractivity contribution < 1.29 is 4.79 Å². The van der Waals surface area contributed by atoms with Gasteiger partial charge in [-0.15, -0.1) is 0 Å². The van der Waals surface area contributed by atoms with Gasteiger partial charge >= 0.3 is 0 Å². The second-order valence-corrected chi connectivity index (χ2v) is 4.95. The van der Waals surface area contributed by atoms with Gasteiger partial charge in [-0.3, -0.25) is 4.79 Å². The second kappa shape index (κ2) is 5.95. The molecule has 4 heteroatoms. The van der Waals surface area contributed by atoms with Crippen LogP contribution in [0.1, 0.15) is 37.0 Å². The highest BCUT2D eigenvalue weighted by atomic mass is 16.2. The summed E-state index contributed by atoms with van der Waals surface area (Å²) >= 11 is 0. The van der Waals surface area contributed by atoms with Crippen LogP contribution in [0, 0.1) is 0 Å². The van der Waals surface area contributed by atoms with Crippen molar-refractivity contribution in [1.82, 2.24) is 4.90 Å². The van der Waals surface area contributed by atoms with Gasteiger partial charge in [-0.05, 0) is 44.9 Å². The lowest BCUT2D eigenvalue weighted by molar-refractivity contribution is 0.0793. The van der Waals surface area contributed by atoms with E-state index in [1.54, 1.807) is 0 Å². The van der Waals surface area contributed by atoms with Crippen LogP contribution in [0.4, 0.5) is 11.4 Å². The standard InChI is InChI=1S/C15H23N3O/c1-3-17(4-2)14-8-7-12(11-13(14)16)15(19)18-9-5-6-10-18/h7-8,11H,3-6,9-10,16H2,1-2H3. The normalized spacial score (nSPS) is 14.7. The first-order chi connectivity index (χ1) is 9.17. The van der Waals surface area contributed by atoms with Crippen LogP contribution in [0.3, 0.4) is 0 Å². The fourth-order valence-electron chi connectivity index (χ4n) is 2.64. The van der Waals surface area contributed by atoms with Gasteiger partial charge in [0.2, 0.25) is 0 Å². The highest BCUT2D eigenvalue weighted by Crippen LogP contribution is 2.25. The minimum Gasteiger partial charge on any atom is -0.397 e.